The minimum absolute atomic E-state index is 0.0663. The van der Waals surface area contributed by atoms with Crippen molar-refractivity contribution in [3.8, 4) is 28.4 Å². The van der Waals surface area contributed by atoms with E-state index in [1.165, 1.54) is 12.1 Å². The zero-order valence-electron chi connectivity index (χ0n) is 24.4. The maximum Gasteiger partial charge on any atom is 0.220 e. The van der Waals surface area contributed by atoms with E-state index < -0.39 is 5.82 Å². The molecular weight excluding hydrogens is 642 g/mol. The van der Waals surface area contributed by atoms with Crippen molar-refractivity contribution in [1.82, 2.24) is 25.9 Å². The molecular formula is C32H32Cl3FN6O3. The van der Waals surface area contributed by atoms with Crippen LogP contribution in [0.2, 0.25) is 15.1 Å². The highest BCUT2D eigenvalue weighted by Gasteiger charge is 2.21. The summed E-state index contributed by atoms with van der Waals surface area (Å²) >= 11 is 20.0. The molecule has 13 heteroatoms. The molecule has 5 N–H and O–H groups in total. The summed E-state index contributed by atoms with van der Waals surface area (Å²) in [6.45, 7) is 1.61. The predicted molar refractivity (Wildman–Crippen MR) is 176 cm³/mol. The van der Waals surface area contributed by atoms with Gasteiger partial charge in [0.15, 0.2) is 5.82 Å². The van der Waals surface area contributed by atoms with E-state index in [0.29, 0.717) is 75.7 Å². The zero-order chi connectivity index (χ0) is 31.9. The van der Waals surface area contributed by atoms with Crippen molar-refractivity contribution in [2.24, 2.45) is 0 Å². The molecule has 236 valence electrons. The first kappa shape index (κ1) is 32.9. The lowest BCUT2D eigenvalue weighted by molar-refractivity contribution is -0.119. The van der Waals surface area contributed by atoms with Crippen molar-refractivity contribution >= 4 is 52.1 Å². The van der Waals surface area contributed by atoms with Crippen LogP contribution in [0.25, 0.3) is 22.5 Å². The molecule has 3 heterocycles. The molecule has 2 aromatic heterocycles. The Balaban J connectivity index is 1.38. The van der Waals surface area contributed by atoms with Crippen molar-refractivity contribution in [1.29, 1.82) is 0 Å². The number of aliphatic hydroxyl groups excluding tert-OH is 1. The summed E-state index contributed by atoms with van der Waals surface area (Å²) in [5.41, 5.74) is 3.95. The van der Waals surface area contributed by atoms with Gasteiger partial charge in [0.05, 0.1) is 46.5 Å². The highest BCUT2D eigenvalue weighted by Crippen LogP contribution is 2.41. The highest BCUT2D eigenvalue weighted by atomic mass is 35.5. The summed E-state index contributed by atoms with van der Waals surface area (Å²) in [4.78, 5) is 20.7. The van der Waals surface area contributed by atoms with Gasteiger partial charge in [-0.2, -0.15) is 0 Å². The average molecular weight is 674 g/mol. The summed E-state index contributed by atoms with van der Waals surface area (Å²) in [6.07, 6.45) is 2.99. The molecule has 0 unspecified atom stereocenters. The Labute approximate surface area is 275 Å². The molecule has 1 fully saturated rings. The van der Waals surface area contributed by atoms with Gasteiger partial charge >= 0.3 is 0 Å². The molecule has 0 aliphatic carbocycles. The highest BCUT2D eigenvalue weighted by molar-refractivity contribution is 6.39. The number of carbonyl (C=O) groups is 1. The van der Waals surface area contributed by atoms with Crippen molar-refractivity contribution < 1.29 is 19.0 Å². The minimum Gasteiger partial charge on any atom is -0.481 e. The van der Waals surface area contributed by atoms with Crippen molar-refractivity contribution in [2.75, 3.05) is 32.1 Å². The average Bonchev–Trinajstić information content (AvgIpc) is 3.45. The Hall–Kier alpha value is -3.51. The second-order valence-electron chi connectivity index (χ2n) is 10.4. The molecule has 9 nitrogen and oxygen atoms in total. The van der Waals surface area contributed by atoms with E-state index in [1.54, 1.807) is 37.6 Å². The summed E-state index contributed by atoms with van der Waals surface area (Å²) in [6, 6.07) is 13.9. The molecule has 1 aliphatic rings. The SMILES string of the molecule is COc1nc(-c2ccnc(-c3cccc(Nc4cc(Cl)cc(CNCCO)c4F)c3Cl)c2Cl)ccc1CNC[C@H]1CCC(=O)N1. The summed E-state index contributed by atoms with van der Waals surface area (Å²) < 4.78 is 20.9. The third-order valence-electron chi connectivity index (χ3n) is 7.33. The van der Waals surface area contributed by atoms with Gasteiger partial charge in [-0.15, -0.1) is 0 Å². The lowest BCUT2D eigenvalue weighted by Gasteiger charge is -2.16. The van der Waals surface area contributed by atoms with Gasteiger partial charge in [0.25, 0.3) is 0 Å². The molecule has 1 atom stereocenters. The van der Waals surface area contributed by atoms with Crippen molar-refractivity contribution in [3.05, 3.63) is 86.7 Å². The van der Waals surface area contributed by atoms with Gasteiger partial charge in [-0.3, -0.25) is 9.78 Å². The number of carbonyl (C=O) groups excluding carboxylic acids is 1. The molecule has 2 aromatic carbocycles. The second kappa shape index (κ2) is 15.2. The molecule has 1 amide bonds. The van der Waals surface area contributed by atoms with Crippen LogP contribution >= 0.6 is 34.8 Å². The lowest BCUT2D eigenvalue weighted by atomic mass is 10.0. The fourth-order valence-electron chi connectivity index (χ4n) is 5.10. The molecule has 4 aromatic rings. The van der Waals surface area contributed by atoms with Gasteiger partial charge in [0.1, 0.15) is 0 Å². The number of ether oxygens (including phenoxy) is 1. The predicted octanol–water partition coefficient (Wildman–Crippen LogP) is 6.11. The normalized spacial score (nSPS) is 14.4. The third kappa shape index (κ3) is 7.84. The van der Waals surface area contributed by atoms with Crippen LogP contribution in [-0.4, -0.2) is 53.8 Å². The van der Waals surface area contributed by atoms with Gasteiger partial charge in [-0.05, 0) is 36.8 Å². The number of anilines is 2. The molecule has 0 spiro atoms. The van der Waals surface area contributed by atoms with Gasteiger partial charge in [0, 0.05) is 72.1 Å². The van der Waals surface area contributed by atoms with Crippen LogP contribution in [0.5, 0.6) is 5.88 Å². The van der Waals surface area contributed by atoms with E-state index in [2.05, 4.69) is 26.3 Å². The van der Waals surface area contributed by atoms with Crippen LogP contribution in [0.15, 0.2) is 54.7 Å². The first-order chi connectivity index (χ1) is 21.8. The largest absolute Gasteiger partial charge is 0.481 e. The number of hydrogen-bond donors (Lipinski definition) is 5. The van der Waals surface area contributed by atoms with Gasteiger partial charge in [-0.25, -0.2) is 9.37 Å². The smallest absolute Gasteiger partial charge is 0.220 e. The summed E-state index contributed by atoms with van der Waals surface area (Å²) in [7, 11) is 1.56. The fourth-order valence-corrected chi connectivity index (χ4v) is 5.91. The van der Waals surface area contributed by atoms with Crippen molar-refractivity contribution in [2.45, 2.75) is 32.0 Å². The molecule has 0 saturated carbocycles. The van der Waals surface area contributed by atoms with Gasteiger partial charge in [-0.1, -0.05) is 53.0 Å². The number of rotatable bonds is 13. The Bertz CT molecular complexity index is 1690. The van der Waals surface area contributed by atoms with Crippen LogP contribution in [0.4, 0.5) is 15.8 Å². The first-order valence-corrected chi connectivity index (χ1v) is 15.5. The first-order valence-electron chi connectivity index (χ1n) is 14.3. The minimum atomic E-state index is -0.492. The molecule has 0 radical (unpaired) electrons. The van der Waals surface area contributed by atoms with Gasteiger partial charge in [0.2, 0.25) is 11.8 Å². The molecule has 1 saturated heterocycles. The maximum absolute atomic E-state index is 15.3. The molecule has 1 aliphatic heterocycles. The number of amides is 1. The second-order valence-corrected chi connectivity index (χ2v) is 11.6. The number of aromatic nitrogens is 2. The van der Waals surface area contributed by atoms with E-state index in [1.807, 2.05) is 12.1 Å². The van der Waals surface area contributed by atoms with Crippen molar-refractivity contribution in [3.63, 3.8) is 0 Å². The topological polar surface area (TPSA) is 120 Å². The zero-order valence-corrected chi connectivity index (χ0v) is 26.7. The lowest BCUT2D eigenvalue weighted by Crippen LogP contribution is -2.35. The van der Waals surface area contributed by atoms with Gasteiger partial charge < -0.3 is 31.1 Å². The number of methoxy groups -OCH3 is 1. The number of nitrogens with one attached hydrogen (secondary N) is 4. The number of nitrogens with zero attached hydrogens (tertiary/aromatic N) is 2. The van der Waals surface area contributed by atoms with E-state index in [0.717, 1.165) is 12.0 Å². The summed E-state index contributed by atoms with van der Waals surface area (Å²) in [5.74, 6) is 0.0351. The number of pyridine rings is 2. The molecule has 45 heavy (non-hydrogen) atoms. The van der Waals surface area contributed by atoms with E-state index in [4.69, 9.17) is 49.6 Å². The van der Waals surface area contributed by atoms with Crippen LogP contribution < -0.4 is 26.0 Å². The van der Waals surface area contributed by atoms with E-state index >= 15 is 4.39 Å². The standard InChI is InChI=1S/C32H32Cl3FN6O3/c1-45-32-18(15-38-17-21-6-8-27(44)40-21)5-7-24(42-32)22-9-10-39-31(29(22)35)23-3-2-4-25(28(23)34)41-26-14-20(33)13-19(30(26)36)16-37-11-12-43/h2-5,7,9-10,13-14,21,37-38,41,43H,6,8,11-12,15-17H2,1H3,(H,40,44)/t21-/m1/s1. The Morgan fingerprint density at radius 3 is 2.60 bits per heavy atom. The van der Waals surface area contributed by atoms with Crippen LogP contribution in [0, 0.1) is 5.82 Å². The Morgan fingerprint density at radius 2 is 1.84 bits per heavy atom. The Morgan fingerprint density at radius 1 is 1.02 bits per heavy atom. The number of hydrogen-bond acceptors (Lipinski definition) is 8. The quantitative estimate of drug-likeness (QED) is 0.108. The fraction of sp³-hybridized carbons (Fsp3) is 0.281. The number of aliphatic hydroxyl groups is 1. The number of benzene rings is 2. The molecule has 5 rings (SSSR count). The maximum atomic E-state index is 15.3. The summed E-state index contributed by atoms with van der Waals surface area (Å²) in [5, 5.41) is 22.3. The third-order valence-corrected chi connectivity index (χ3v) is 8.34. The Kier molecular flexibility index (Phi) is 11.1. The molecule has 0 bridgehead atoms. The van der Waals surface area contributed by atoms with Crippen LogP contribution in [0.3, 0.4) is 0 Å². The van der Waals surface area contributed by atoms with E-state index in [-0.39, 0.29) is 35.8 Å². The van der Waals surface area contributed by atoms with E-state index in [9.17, 15) is 4.79 Å². The van der Waals surface area contributed by atoms with Crippen LogP contribution in [-0.2, 0) is 17.9 Å². The van der Waals surface area contributed by atoms with Crippen LogP contribution in [0.1, 0.15) is 24.0 Å². The monoisotopic (exact) mass is 672 g/mol. The number of halogens is 4.